The maximum Gasteiger partial charge on any atom is 0.256 e. The Morgan fingerprint density at radius 1 is 1.41 bits per heavy atom. The van der Waals surface area contributed by atoms with Crippen LogP contribution in [-0.2, 0) is 4.79 Å². The van der Waals surface area contributed by atoms with E-state index in [0.29, 0.717) is 11.3 Å². The molecule has 1 aliphatic rings. The second kappa shape index (κ2) is 4.41. The van der Waals surface area contributed by atoms with Crippen molar-refractivity contribution < 1.29 is 10.0 Å². The Morgan fingerprint density at radius 3 is 2.59 bits per heavy atom. The molecule has 0 saturated carbocycles. The Balaban J connectivity index is 2.23. The molecule has 1 N–H and O–H groups in total. The topological polar surface area (TPSA) is 52.9 Å². The third kappa shape index (κ3) is 1.93. The van der Waals surface area contributed by atoms with Crippen molar-refractivity contribution >= 4 is 17.3 Å². The second-order valence-electron chi connectivity index (χ2n) is 4.03. The highest BCUT2D eigenvalue weighted by molar-refractivity contribution is 6.18. The molecule has 1 amide bonds. The summed E-state index contributed by atoms with van der Waals surface area (Å²) in [6, 6.07) is 9.53. The number of β-lactam (4-membered cyclic amide) rings is 1. The third-order valence-electron chi connectivity index (χ3n) is 2.86. The van der Waals surface area contributed by atoms with Gasteiger partial charge >= 0.3 is 0 Å². The van der Waals surface area contributed by atoms with Crippen LogP contribution in [0, 0.1) is 0 Å². The maximum atomic E-state index is 11.9. The quantitative estimate of drug-likeness (QED) is 0.278. The fourth-order valence-electron chi connectivity index (χ4n) is 1.93. The minimum atomic E-state index is -0.0355. The summed E-state index contributed by atoms with van der Waals surface area (Å²) < 4.78 is 0. The molecule has 1 atom stereocenters. The van der Waals surface area contributed by atoms with Gasteiger partial charge in [0, 0.05) is 11.3 Å². The molecule has 0 spiro atoms. The van der Waals surface area contributed by atoms with E-state index in [1.807, 2.05) is 37.3 Å². The van der Waals surface area contributed by atoms with Crippen LogP contribution in [0.4, 0.5) is 5.69 Å². The van der Waals surface area contributed by atoms with Crippen LogP contribution in [0.3, 0.4) is 0 Å². The molecule has 0 radical (unpaired) electrons. The van der Waals surface area contributed by atoms with E-state index in [-0.39, 0.29) is 11.9 Å². The first kappa shape index (κ1) is 11.4. The smallest absolute Gasteiger partial charge is 0.256 e. The van der Waals surface area contributed by atoms with Crippen LogP contribution >= 0.6 is 0 Å². The molecule has 2 rings (SSSR count). The number of amides is 1. The summed E-state index contributed by atoms with van der Waals surface area (Å²) in [4.78, 5) is 13.7. The molecule has 1 aromatic carbocycles. The van der Waals surface area contributed by atoms with Crippen LogP contribution in [-0.4, -0.2) is 22.9 Å². The number of oxime groups is 1. The Morgan fingerprint density at radius 2 is 2.06 bits per heavy atom. The van der Waals surface area contributed by atoms with Crippen molar-refractivity contribution in [1.29, 1.82) is 0 Å². The number of hydrogen-bond acceptors (Lipinski definition) is 3. The number of para-hydroxylation sites is 1. The van der Waals surface area contributed by atoms with E-state index in [2.05, 4.69) is 5.16 Å². The highest BCUT2D eigenvalue weighted by atomic mass is 16.4. The zero-order valence-corrected chi connectivity index (χ0v) is 9.79. The summed E-state index contributed by atoms with van der Waals surface area (Å²) in [5, 5.41) is 11.6. The lowest BCUT2D eigenvalue weighted by Crippen LogP contribution is -2.54. The summed E-state index contributed by atoms with van der Waals surface area (Å²) in [6.07, 6.45) is 1.62. The van der Waals surface area contributed by atoms with Crippen LogP contribution in [0.1, 0.15) is 13.8 Å². The van der Waals surface area contributed by atoms with Crippen molar-refractivity contribution in [2.24, 2.45) is 5.16 Å². The molecule has 1 aliphatic heterocycles. The summed E-state index contributed by atoms with van der Waals surface area (Å²) >= 11 is 0. The third-order valence-corrected chi connectivity index (χ3v) is 2.86. The first-order valence-corrected chi connectivity index (χ1v) is 5.44. The minimum Gasteiger partial charge on any atom is -0.411 e. The average molecular weight is 230 g/mol. The Bertz CT molecular complexity index is 491. The molecule has 4 nitrogen and oxygen atoms in total. The molecule has 17 heavy (non-hydrogen) atoms. The van der Waals surface area contributed by atoms with Gasteiger partial charge < -0.3 is 10.1 Å². The Labute approximate surface area is 99.9 Å². The van der Waals surface area contributed by atoms with Crippen molar-refractivity contribution in [3.63, 3.8) is 0 Å². The van der Waals surface area contributed by atoms with E-state index < -0.39 is 0 Å². The van der Waals surface area contributed by atoms with Crippen molar-refractivity contribution in [3.8, 4) is 0 Å². The van der Waals surface area contributed by atoms with Crippen molar-refractivity contribution in [2.75, 3.05) is 4.90 Å². The molecule has 0 aliphatic carbocycles. The lowest BCUT2D eigenvalue weighted by atomic mass is 9.93. The van der Waals surface area contributed by atoms with Gasteiger partial charge in [0.05, 0.1) is 11.8 Å². The van der Waals surface area contributed by atoms with Crippen LogP contribution in [0.2, 0.25) is 0 Å². The first-order chi connectivity index (χ1) is 8.15. The van der Waals surface area contributed by atoms with Gasteiger partial charge in [0.15, 0.2) is 0 Å². The van der Waals surface area contributed by atoms with Gasteiger partial charge in [-0.05, 0) is 32.1 Å². The lowest BCUT2D eigenvalue weighted by Gasteiger charge is -2.40. The number of allylic oxidation sites excluding steroid dienone is 1. The van der Waals surface area contributed by atoms with E-state index >= 15 is 0 Å². The van der Waals surface area contributed by atoms with E-state index in [4.69, 9.17) is 5.21 Å². The Kier molecular flexibility index (Phi) is 2.95. The number of anilines is 1. The number of hydrogen-bond donors (Lipinski definition) is 1. The van der Waals surface area contributed by atoms with Crippen LogP contribution in [0.25, 0.3) is 0 Å². The molecular weight excluding hydrogens is 216 g/mol. The number of benzene rings is 1. The van der Waals surface area contributed by atoms with Crippen molar-refractivity contribution in [3.05, 3.63) is 42.0 Å². The van der Waals surface area contributed by atoms with E-state index in [1.165, 1.54) is 0 Å². The fourth-order valence-corrected chi connectivity index (χ4v) is 1.93. The summed E-state index contributed by atoms with van der Waals surface area (Å²) in [7, 11) is 0. The molecule has 1 fully saturated rings. The first-order valence-electron chi connectivity index (χ1n) is 5.44. The molecule has 4 heteroatoms. The molecule has 88 valence electrons. The SMILES string of the molecule is CC(/C=C1/C(=O)N(c2ccccc2)C1C)=N\O. The Hall–Kier alpha value is -2.10. The van der Waals surface area contributed by atoms with Gasteiger partial charge in [-0.3, -0.25) is 4.79 Å². The fraction of sp³-hybridized carbons (Fsp3) is 0.231. The van der Waals surface area contributed by atoms with Gasteiger partial charge in [0.1, 0.15) is 0 Å². The van der Waals surface area contributed by atoms with Crippen molar-refractivity contribution in [1.82, 2.24) is 0 Å². The predicted octanol–water partition coefficient (Wildman–Crippen LogP) is 2.20. The highest BCUT2D eigenvalue weighted by Gasteiger charge is 2.39. The van der Waals surface area contributed by atoms with Gasteiger partial charge in [-0.2, -0.15) is 0 Å². The minimum absolute atomic E-state index is 0.0154. The van der Waals surface area contributed by atoms with Crippen LogP contribution in [0.15, 0.2) is 47.1 Å². The predicted molar refractivity (Wildman–Crippen MR) is 66.4 cm³/mol. The molecule has 0 aromatic heterocycles. The highest BCUT2D eigenvalue weighted by Crippen LogP contribution is 2.31. The van der Waals surface area contributed by atoms with Gasteiger partial charge in [-0.25, -0.2) is 0 Å². The standard InChI is InChI=1S/C13H14N2O2/c1-9(14-17)8-12-10(2)15(13(12)16)11-6-4-3-5-7-11/h3-8,10,17H,1-2H3/b12-8+,14-9+. The monoisotopic (exact) mass is 230 g/mol. The van der Waals surface area contributed by atoms with Crippen LogP contribution < -0.4 is 4.90 Å². The van der Waals surface area contributed by atoms with Crippen molar-refractivity contribution in [2.45, 2.75) is 19.9 Å². The molecule has 1 aromatic rings. The zero-order chi connectivity index (χ0) is 12.4. The largest absolute Gasteiger partial charge is 0.411 e. The summed E-state index contributed by atoms with van der Waals surface area (Å²) in [5.41, 5.74) is 2.00. The molecule has 1 unspecified atom stereocenters. The average Bonchev–Trinajstić information content (AvgIpc) is 2.37. The lowest BCUT2D eigenvalue weighted by molar-refractivity contribution is -0.118. The molecule has 0 bridgehead atoms. The van der Waals surface area contributed by atoms with Crippen LogP contribution in [0.5, 0.6) is 0 Å². The van der Waals surface area contributed by atoms with E-state index in [1.54, 1.807) is 17.9 Å². The number of nitrogens with zero attached hydrogens (tertiary/aromatic N) is 2. The van der Waals surface area contributed by atoms with Gasteiger partial charge in [-0.1, -0.05) is 23.4 Å². The summed E-state index contributed by atoms with van der Waals surface area (Å²) in [6.45, 7) is 3.60. The summed E-state index contributed by atoms with van der Waals surface area (Å²) in [5.74, 6) is -0.0355. The second-order valence-corrected chi connectivity index (χ2v) is 4.03. The maximum absolute atomic E-state index is 11.9. The van der Waals surface area contributed by atoms with Gasteiger partial charge in [-0.15, -0.1) is 0 Å². The molecular formula is C13H14N2O2. The molecule has 1 heterocycles. The normalized spacial score (nSPS) is 22.8. The number of rotatable bonds is 2. The van der Waals surface area contributed by atoms with Gasteiger partial charge in [0.25, 0.3) is 5.91 Å². The molecule has 1 saturated heterocycles. The van der Waals surface area contributed by atoms with E-state index in [9.17, 15) is 4.79 Å². The van der Waals surface area contributed by atoms with Gasteiger partial charge in [0.2, 0.25) is 0 Å². The number of carbonyl (C=O) groups is 1. The van der Waals surface area contributed by atoms with E-state index in [0.717, 1.165) is 5.69 Å². The zero-order valence-electron chi connectivity index (χ0n) is 9.79. The number of carbonyl (C=O) groups excluding carboxylic acids is 1.